The lowest BCUT2D eigenvalue weighted by molar-refractivity contribution is -0.115. The second-order valence-electron chi connectivity index (χ2n) is 6.11. The van der Waals surface area contributed by atoms with E-state index in [1.165, 1.54) is 46.9 Å². The molecule has 0 saturated carbocycles. The summed E-state index contributed by atoms with van der Waals surface area (Å²) in [4.78, 5) is 37.2. The van der Waals surface area contributed by atoms with Gasteiger partial charge in [0.05, 0.1) is 17.8 Å². The molecule has 0 aliphatic heterocycles. The summed E-state index contributed by atoms with van der Waals surface area (Å²) in [5, 5.41) is 9.78. The van der Waals surface area contributed by atoms with Crippen molar-refractivity contribution in [2.45, 2.75) is 6.42 Å². The minimum absolute atomic E-state index is 0.0464. The Morgan fingerprint density at radius 2 is 1.73 bits per heavy atom. The number of anilines is 2. The average molecular weight is 439 g/mol. The molecule has 0 aliphatic carbocycles. The number of carbonyl (C=O) groups is 2. The first-order valence-corrected chi connectivity index (χ1v) is 10.5. The van der Waals surface area contributed by atoms with Crippen LogP contribution in [-0.4, -0.2) is 26.8 Å². The number of hydrogen-bond acceptors (Lipinski definition) is 7. The lowest BCUT2D eigenvalue weighted by Gasteiger charge is -2.01. The van der Waals surface area contributed by atoms with Gasteiger partial charge in [-0.25, -0.2) is 14.4 Å². The Kier molecular flexibility index (Phi) is 5.87. The van der Waals surface area contributed by atoms with Crippen molar-refractivity contribution in [1.82, 2.24) is 15.0 Å². The SMILES string of the molecule is O=C(Cc1csc(NC(=O)c2ccc(F)cc2)n1)Nc1nc(-c2cccnc2)cs1. The summed E-state index contributed by atoms with van der Waals surface area (Å²) in [5.74, 6) is -1.07. The van der Waals surface area contributed by atoms with Crippen LogP contribution in [0.5, 0.6) is 0 Å². The number of amides is 2. The Morgan fingerprint density at radius 1 is 0.967 bits per heavy atom. The molecule has 4 aromatic rings. The maximum Gasteiger partial charge on any atom is 0.257 e. The maximum absolute atomic E-state index is 13.0. The molecule has 1 aromatic carbocycles. The molecular formula is C20H14FN5O2S2. The van der Waals surface area contributed by atoms with Crippen molar-refractivity contribution >= 4 is 44.8 Å². The van der Waals surface area contributed by atoms with Crippen LogP contribution in [0.15, 0.2) is 59.6 Å². The van der Waals surface area contributed by atoms with E-state index in [0.29, 0.717) is 21.5 Å². The van der Waals surface area contributed by atoms with E-state index in [1.807, 2.05) is 17.5 Å². The molecule has 0 radical (unpaired) electrons. The van der Waals surface area contributed by atoms with Gasteiger partial charge in [0.1, 0.15) is 5.82 Å². The minimum atomic E-state index is -0.415. The summed E-state index contributed by atoms with van der Waals surface area (Å²) < 4.78 is 13.0. The molecule has 10 heteroatoms. The van der Waals surface area contributed by atoms with Gasteiger partial charge in [-0.3, -0.25) is 19.9 Å². The molecule has 4 rings (SSSR count). The standard InChI is InChI=1S/C20H14FN5O2S2/c21-14-5-3-12(4-6-14)18(28)26-19-23-15(10-29-19)8-17(27)25-20-24-16(11-30-20)13-2-1-7-22-9-13/h1-7,9-11H,8H2,(H,23,26,28)(H,24,25,27). The van der Waals surface area contributed by atoms with Crippen LogP contribution in [0, 0.1) is 5.82 Å². The first kappa shape index (κ1) is 19.8. The zero-order valence-corrected chi connectivity index (χ0v) is 17.0. The molecule has 0 aliphatic rings. The van der Waals surface area contributed by atoms with E-state index in [9.17, 15) is 14.0 Å². The predicted octanol–water partition coefficient (Wildman–Crippen LogP) is 4.23. The third kappa shape index (κ3) is 4.91. The molecule has 3 aromatic heterocycles. The van der Waals surface area contributed by atoms with Crippen LogP contribution in [-0.2, 0) is 11.2 Å². The van der Waals surface area contributed by atoms with E-state index in [4.69, 9.17) is 0 Å². The van der Waals surface area contributed by atoms with Crippen molar-refractivity contribution in [1.29, 1.82) is 0 Å². The zero-order chi connectivity index (χ0) is 20.9. The highest BCUT2D eigenvalue weighted by Gasteiger charge is 2.13. The number of thiazole rings is 2. The van der Waals surface area contributed by atoms with Crippen LogP contribution in [0.4, 0.5) is 14.7 Å². The van der Waals surface area contributed by atoms with Crippen molar-refractivity contribution in [3.05, 3.63) is 76.6 Å². The van der Waals surface area contributed by atoms with Gasteiger partial charge < -0.3 is 5.32 Å². The van der Waals surface area contributed by atoms with Crippen molar-refractivity contribution in [2.24, 2.45) is 0 Å². The highest BCUT2D eigenvalue weighted by Crippen LogP contribution is 2.24. The molecule has 0 fully saturated rings. The Balaban J connectivity index is 1.33. The second-order valence-corrected chi connectivity index (χ2v) is 7.83. The molecule has 7 nitrogen and oxygen atoms in total. The molecule has 3 heterocycles. The number of pyridine rings is 1. The van der Waals surface area contributed by atoms with Gasteiger partial charge in [0.25, 0.3) is 5.91 Å². The van der Waals surface area contributed by atoms with Crippen LogP contribution in [0.1, 0.15) is 16.1 Å². The summed E-state index contributed by atoms with van der Waals surface area (Å²) in [6, 6.07) is 8.92. The third-order valence-corrected chi connectivity index (χ3v) is 5.49. The Bertz CT molecular complexity index is 1180. The summed E-state index contributed by atoms with van der Waals surface area (Å²) in [6.45, 7) is 0. The molecule has 30 heavy (non-hydrogen) atoms. The van der Waals surface area contributed by atoms with Gasteiger partial charge >= 0.3 is 0 Å². The van der Waals surface area contributed by atoms with E-state index >= 15 is 0 Å². The number of halogens is 1. The van der Waals surface area contributed by atoms with Crippen molar-refractivity contribution in [2.75, 3.05) is 10.6 Å². The second kappa shape index (κ2) is 8.89. The third-order valence-electron chi connectivity index (χ3n) is 3.93. The summed E-state index contributed by atoms with van der Waals surface area (Å²) in [5.41, 5.74) is 2.45. The van der Waals surface area contributed by atoms with E-state index in [-0.39, 0.29) is 12.3 Å². The van der Waals surface area contributed by atoms with Gasteiger partial charge in [-0.1, -0.05) is 0 Å². The van der Waals surface area contributed by atoms with Gasteiger partial charge in [0, 0.05) is 34.3 Å². The number of rotatable bonds is 6. The largest absolute Gasteiger partial charge is 0.302 e. The quantitative estimate of drug-likeness (QED) is 0.469. The number of benzene rings is 1. The summed E-state index contributed by atoms with van der Waals surface area (Å²) in [7, 11) is 0. The van der Waals surface area contributed by atoms with Gasteiger partial charge in [-0.15, -0.1) is 22.7 Å². The van der Waals surface area contributed by atoms with Crippen LogP contribution in [0.2, 0.25) is 0 Å². The highest BCUT2D eigenvalue weighted by molar-refractivity contribution is 7.14. The van der Waals surface area contributed by atoms with Crippen LogP contribution < -0.4 is 10.6 Å². The smallest absolute Gasteiger partial charge is 0.257 e. The lowest BCUT2D eigenvalue weighted by Crippen LogP contribution is -2.15. The van der Waals surface area contributed by atoms with E-state index in [1.54, 1.807) is 17.8 Å². The Hall–Kier alpha value is -3.50. The molecule has 0 bridgehead atoms. The molecule has 0 saturated heterocycles. The first-order chi connectivity index (χ1) is 14.6. The van der Waals surface area contributed by atoms with Crippen LogP contribution in [0.25, 0.3) is 11.3 Å². The summed E-state index contributed by atoms with van der Waals surface area (Å²) >= 11 is 2.53. The molecule has 2 amide bonds. The van der Waals surface area contributed by atoms with Gasteiger partial charge in [-0.05, 0) is 36.4 Å². The number of hydrogen-bond donors (Lipinski definition) is 2. The van der Waals surface area contributed by atoms with Gasteiger partial charge in [-0.2, -0.15) is 0 Å². The van der Waals surface area contributed by atoms with Crippen molar-refractivity contribution in [3.63, 3.8) is 0 Å². The Labute approximate surface area is 178 Å². The molecule has 0 atom stereocenters. The molecule has 2 N–H and O–H groups in total. The van der Waals surface area contributed by atoms with Gasteiger partial charge in [0.15, 0.2) is 10.3 Å². The zero-order valence-electron chi connectivity index (χ0n) is 15.3. The molecule has 150 valence electrons. The predicted molar refractivity (Wildman–Crippen MR) is 114 cm³/mol. The maximum atomic E-state index is 13.0. The van der Waals surface area contributed by atoms with Crippen LogP contribution in [0.3, 0.4) is 0 Å². The molecular weight excluding hydrogens is 425 g/mol. The fourth-order valence-electron chi connectivity index (χ4n) is 2.52. The fourth-order valence-corrected chi connectivity index (χ4v) is 3.96. The number of carbonyl (C=O) groups excluding carboxylic acids is 2. The summed E-state index contributed by atoms with van der Waals surface area (Å²) in [6.07, 6.45) is 3.44. The van der Waals surface area contributed by atoms with E-state index in [2.05, 4.69) is 25.6 Å². The van der Waals surface area contributed by atoms with Gasteiger partial charge in [0.2, 0.25) is 5.91 Å². The number of aromatic nitrogens is 3. The Morgan fingerprint density at radius 3 is 2.50 bits per heavy atom. The van der Waals surface area contributed by atoms with Crippen molar-refractivity contribution in [3.8, 4) is 11.3 Å². The minimum Gasteiger partial charge on any atom is -0.302 e. The first-order valence-electron chi connectivity index (χ1n) is 8.74. The monoisotopic (exact) mass is 439 g/mol. The molecule has 0 unspecified atom stereocenters. The normalized spacial score (nSPS) is 10.6. The molecule has 0 spiro atoms. The number of nitrogens with zero attached hydrogens (tertiary/aromatic N) is 3. The number of nitrogens with one attached hydrogen (secondary N) is 2. The lowest BCUT2D eigenvalue weighted by atomic mass is 10.2. The van der Waals surface area contributed by atoms with Crippen LogP contribution >= 0.6 is 22.7 Å². The average Bonchev–Trinajstić information content (AvgIpc) is 3.38. The van der Waals surface area contributed by atoms with E-state index in [0.717, 1.165) is 11.3 Å². The fraction of sp³-hybridized carbons (Fsp3) is 0.0500. The van der Waals surface area contributed by atoms with E-state index < -0.39 is 11.7 Å². The highest BCUT2D eigenvalue weighted by atomic mass is 32.1. The topological polar surface area (TPSA) is 96.9 Å². The van der Waals surface area contributed by atoms with Crippen molar-refractivity contribution < 1.29 is 14.0 Å².